The molecule has 0 fully saturated rings. The molecule has 0 amide bonds. The molecule has 102 valence electrons. The third kappa shape index (κ3) is 4.48. The molecular formula is C18H18S2. The topological polar surface area (TPSA) is 0 Å². The molecule has 20 heavy (non-hydrogen) atoms. The molecule has 0 aliphatic carbocycles. The Morgan fingerprint density at radius 3 is 2.65 bits per heavy atom. The maximum atomic E-state index is 3.77. The Hall–Kier alpha value is -1.64. The molecular weight excluding hydrogens is 280 g/mol. The van der Waals surface area contributed by atoms with Crippen molar-refractivity contribution in [3.8, 4) is 0 Å². The van der Waals surface area contributed by atoms with Crippen LogP contribution in [0.2, 0.25) is 0 Å². The van der Waals surface area contributed by atoms with Gasteiger partial charge in [-0.1, -0.05) is 43.0 Å². The Balaban J connectivity index is 1.83. The lowest BCUT2D eigenvalue weighted by atomic mass is 10.2. The van der Waals surface area contributed by atoms with Gasteiger partial charge in [0, 0.05) is 16.2 Å². The Labute approximate surface area is 129 Å². The van der Waals surface area contributed by atoms with Crippen LogP contribution in [0.25, 0.3) is 12.2 Å². The van der Waals surface area contributed by atoms with E-state index in [4.69, 9.17) is 0 Å². The van der Waals surface area contributed by atoms with Gasteiger partial charge in [-0.05, 0) is 40.4 Å². The molecule has 0 atom stereocenters. The number of rotatable bonds is 7. The standard InChI is InChI=1S/C18H18S2/c1-3-8-15-12-18(20-13-15)10-7-5-6-9-16-11-17(4-2)19-14-16/h3-7,9,11-14H,1-2,8,10H2/b7-5+,9-6+. The highest BCUT2D eigenvalue weighted by molar-refractivity contribution is 7.11. The van der Waals surface area contributed by atoms with E-state index in [0.717, 1.165) is 12.8 Å². The van der Waals surface area contributed by atoms with Crippen molar-refractivity contribution in [1.82, 2.24) is 0 Å². The molecule has 0 aliphatic rings. The molecule has 2 rings (SSSR count). The lowest BCUT2D eigenvalue weighted by Gasteiger charge is -1.87. The van der Waals surface area contributed by atoms with Crippen LogP contribution in [0.4, 0.5) is 0 Å². The summed E-state index contributed by atoms with van der Waals surface area (Å²) in [5.41, 5.74) is 2.60. The summed E-state index contributed by atoms with van der Waals surface area (Å²) in [4.78, 5) is 2.61. The SMILES string of the molecule is C=CCc1csc(C/C=C/C=C/c2csc(C=C)c2)c1. The average Bonchev–Trinajstić information content (AvgIpc) is 3.08. The van der Waals surface area contributed by atoms with Crippen molar-refractivity contribution in [2.45, 2.75) is 12.8 Å². The summed E-state index contributed by atoms with van der Waals surface area (Å²) in [7, 11) is 0. The van der Waals surface area contributed by atoms with Gasteiger partial charge in [0.05, 0.1) is 0 Å². The highest BCUT2D eigenvalue weighted by Crippen LogP contribution is 2.18. The molecule has 2 heteroatoms. The predicted molar refractivity (Wildman–Crippen MR) is 94.5 cm³/mol. The summed E-state index contributed by atoms with van der Waals surface area (Å²) in [5.74, 6) is 0. The van der Waals surface area contributed by atoms with Crippen molar-refractivity contribution in [3.63, 3.8) is 0 Å². The lowest BCUT2D eigenvalue weighted by molar-refractivity contribution is 1.27. The van der Waals surface area contributed by atoms with Crippen LogP contribution in [0.1, 0.15) is 20.9 Å². The van der Waals surface area contributed by atoms with Gasteiger partial charge in [0.25, 0.3) is 0 Å². The third-order valence-electron chi connectivity index (χ3n) is 2.78. The summed E-state index contributed by atoms with van der Waals surface area (Å²) in [5, 5.41) is 4.35. The van der Waals surface area contributed by atoms with E-state index in [9.17, 15) is 0 Å². The van der Waals surface area contributed by atoms with E-state index >= 15 is 0 Å². The van der Waals surface area contributed by atoms with Crippen molar-refractivity contribution < 1.29 is 0 Å². The van der Waals surface area contributed by atoms with E-state index in [1.807, 2.05) is 23.5 Å². The summed E-state index contributed by atoms with van der Waals surface area (Å²) < 4.78 is 0. The van der Waals surface area contributed by atoms with E-state index < -0.39 is 0 Å². The minimum atomic E-state index is 0.962. The van der Waals surface area contributed by atoms with Crippen molar-refractivity contribution in [2.24, 2.45) is 0 Å². The van der Waals surface area contributed by atoms with E-state index in [2.05, 4.69) is 60.4 Å². The predicted octanol–water partition coefficient (Wildman–Crippen LogP) is 5.99. The summed E-state index contributed by atoms with van der Waals surface area (Å²) in [6, 6.07) is 4.40. The van der Waals surface area contributed by atoms with Crippen LogP contribution in [0.3, 0.4) is 0 Å². The van der Waals surface area contributed by atoms with Gasteiger partial charge in [-0.3, -0.25) is 0 Å². The van der Waals surface area contributed by atoms with Crippen LogP contribution in [0.15, 0.2) is 60.4 Å². The van der Waals surface area contributed by atoms with Crippen LogP contribution in [0.5, 0.6) is 0 Å². The molecule has 0 aliphatic heterocycles. The normalized spacial score (nSPS) is 11.4. The van der Waals surface area contributed by atoms with Gasteiger partial charge in [0.2, 0.25) is 0 Å². The minimum Gasteiger partial charge on any atom is -0.148 e. The van der Waals surface area contributed by atoms with Crippen molar-refractivity contribution in [1.29, 1.82) is 0 Å². The fraction of sp³-hybridized carbons (Fsp3) is 0.111. The Kier molecular flexibility index (Phi) is 5.78. The fourth-order valence-electron chi connectivity index (χ4n) is 1.80. The first-order chi connectivity index (χ1) is 9.81. The second-order valence-electron chi connectivity index (χ2n) is 4.39. The van der Waals surface area contributed by atoms with Crippen molar-refractivity contribution in [3.05, 3.63) is 81.2 Å². The monoisotopic (exact) mass is 298 g/mol. The minimum absolute atomic E-state index is 0.962. The molecule has 2 heterocycles. The van der Waals surface area contributed by atoms with Crippen molar-refractivity contribution in [2.75, 3.05) is 0 Å². The molecule has 0 bridgehead atoms. The van der Waals surface area contributed by atoms with Gasteiger partial charge >= 0.3 is 0 Å². The molecule has 0 saturated carbocycles. The van der Waals surface area contributed by atoms with Gasteiger partial charge in [-0.2, -0.15) is 0 Å². The summed E-state index contributed by atoms with van der Waals surface area (Å²) in [6.07, 6.45) is 14.3. The van der Waals surface area contributed by atoms with E-state index in [0.29, 0.717) is 0 Å². The quantitative estimate of drug-likeness (QED) is 0.435. The zero-order valence-electron chi connectivity index (χ0n) is 11.4. The first-order valence-corrected chi connectivity index (χ1v) is 8.29. The lowest BCUT2D eigenvalue weighted by Crippen LogP contribution is -1.74. The Bertz CT molecular complexity index is 623. The van der Waals surface area contributed by atoms with Crippen LogP contribution in [-0.4, -0.2) is 0 Å². The first kappa shape index (κ1) is 14.8. The number of hydrogen-bond acceptors (Lipinski definition) is 2. The molecule has 0 spiro atoms. The second-order valence-corrected chi connectivity index (χ2v) is 6.33. The molecule has 0 N–H and O–H groups in total. The molecule has 2 aromatic heterocycles. The second kappa shape index (κ2) is 7.83. The zero-order valence-corrected chi connectivity index (χ0v) is 13.1. The largest absolute Gasteiger partial charge is 0.148 e. The maximum absolute atomic E-state index is 3.77. The van der Waals surface area contributed by atoms with Gasteiger partial charge < -0.3 is 0 Å². The first-order valence-electron chi connectivity index (χ1n) is 6.53. The maximum Gasteiger partial charge on any atom is 0.0270 e. The van der Waals surface area contributed by atoms with Crippen LogP contribution >= 0.6 is 22.7 Å². The highest BCUT2D eigenvalue weighted by atomic mass is 32.1. The van der Waals surface area contributed by atoms with Gasteiger partial charge in [0.1, 0.15) is 0 Å². The van der Waals surface area contributed by atoms with E-state index in [1.165, 1.54) is 20.9 Å². The smallest absolute Gasteiger partial charge is 0.0270 e. The van der Waals surface area contributed by atoms with Crippen LogP contribution in [-0.2, 0) is 12.8 Å². The van der Waals surface area contributed by atoms with E-state index in [1.54, 1.807) is 11.3 Å². The van der Waals surface area contributed by atoms with E-state index in [-0.39, 0.29) is 0 Å². The van der Waals surface area contributed by atoms with Crippen LogP contribution in [0, 0.1) is 0 Å². The number of thiophene rings is 2. The fourth-order valence-corrected chi connectivity index (χ4v) is 3.40. The third-order valence-corrected chi connectivity index (χ3v) is 4.74. The zero-order chi connectivity index (χ0) is 14.2. The van der Waals surface area contributed by atoms with Gasteiger partial charge in [0.15, 0.2) is 0 Å². The molecule has 0 radical (unpaired) electrons. The number of allylic oxidation sites excluding steroid dienone is 4. The van der Waals surface area contributed by atoms with Crippen LogP contribution < -0.4 is 0 Å². The Morgan fingerprint density at radius 1 is 1.00 bits per heavy atom. The molecule has 0 aromatic carbocycles. The Morgan fingerprint density at radius 2 is 1.90 bits per heavy atom. The molecule has 0 saturated heterocycles. The highest BCUT2D eigenvalue weighted by Gasteiger charge is 1.96. The van der Waals surface area contributed by atoms with Gasteiger partial charge in [-0.25, -0.2) is 0 Å². The summed E-state index contributed by atoms with van der Waals surface area (Å²) in [6.45, 7) is 7.53. The molecule has 0 nitrogen and oxygen atoms in total. The number of hydrogen-bond donors (Lipinski definition) is 0. The molecule has 0 unspecified atom stereocenters. The summed E-state index contributed by atoms with van der Waals surface area (Å²) >= 11 is 3.54. The average molecular weight is 298 g/mol. The van der Waals surface area contributed by atoms with Crippen molar-refractivity contribution >= 4 is 34.8 Å². The van der Waals surface area contributed by atoms with Gasteiger partial charge in [-0.15, -0.1) is 29.3 Å². The molecule has 2 aromatic rings.